The number of amides is 1. The lowest BCUT2D eigenvalue weighted by atomic mass is 10.1. The molecule has 0 aliphatic rings. The maximum absolute atomic E-state index is 11.6. The Hall–Kier alpha value is -2.75. The number of rotatable bonds is 6. The van der Waals surface area contributed by atoms with E-state index in [9.17, 15) is 4.79 Å². The van der Waals surface area contributed by atoms with Gasteiger partial charge in [0.2, 0.25) is 0 Å². The first-order valence-corrected chi connectivity index (χ1v) is 7.62. The summed E-state index contributed by atoms with van der Waals surface area (Å²) in [5, 5.41) is 2.72. The molecule has 0 bridgehead atoms. The van der Waals surface area contributed by atoms with Crippen LogP contribution >= 0.6 is 0 Å². The quantitative estimate of drug-likeness (QED) is 0.628. The largest absolute Gasteiger partial charge is 0.445 e. The van der Waals surface area contributed by atoms with Crippen LogP contribution in [-0.2, 0) is 11.3 Å². The van der Waals surface area contributed by atoms with Gasteiger partial charge in [-0.2, -0.15) is 0 Å². The molecule has 120 valence electrons. The molecule has 0 radical (unpaired) electrons. The zero-order valence-corrected chi connectivity index (χ0v) is 13.3. The number of alkyl carbamates (subject to hydrolysis) is 1. The molecule has 0 aromatic heterocycles. The molecule has 1 amide bonds. The van der Waals surface area contributed by atoms with Crippen molar-refractivity contribution >= 4 is 17.9 Å². The molecule has 0 atom stereocenters. The van der Waals surface area contributed by atoms with Crippen LogP contribution in [0.25, 0.3) is 6.08 Å². The van der Waals surface area contributed by atoms with Gasteiger partial charge in [0.15, 0.2) is 0 Å². The van der Waals surface area contributed by atoms with Crippen LogP contribution in [0.1, 0.15) is 23.1 Å². The Bertz CT molecular complexity index is 666. The average molecular weight is 310 g/mol. The number of carbonyl (C=O) groups excluding carboxylic acids is 1. The summed E-state index contributed by atoms with van der Waals surface area (Å²) in [7, 11) is 0. The van der Waals surface area contributed by atoms with E-state index in [2.05, 4.69) is 5.32 Å². The van der Waals surface area contributed by atoms with Gasteiger partial charge in [-0.3, -0.25) is 0 Å². The van der Waals surface area contributed by atoms with Crippen molar-refractivity contribution in [1.82, 2.24) is 5.32 Å². The third kappa shape index (κ3) is 5.87. The van der Waals surface area contributed by atoms with E-state index in [0.29, 0.717) is 13.0 Å². The van der Waals surface area contributed by atoms with E-state index in [0.717, 1.165) is 16.8 Å². The number of nitrogens with two attached hydrogens (primary N) is 1. The number of nitrogen functional groups attached to an aromatic ring is 1. The van der Waals surface area contributed by atoms with Crippen molar-refractivity contribution in [1.29, 1.82) is 0 Å². The molecule has 0 aliphatic heterocycles. The zero-order chi connectivity index (χ0) is 16.5. The molecular formula is C19H22N2O2. The Morgan fingerprint density at radius 3 is 2.78 bits per heavy atom. The van der Waals surface area contributed by atoms with Crippen LogP contribution in [-0.4, -0.2) is 12.6 Å². The highest BCUT2D eigenvalue weighted by atomic mass is 16.5. The number of ether oxygens (including phenoxy) is 1. The SMILES string of the molecule is Cc1ccc(N)c(C=CCCNC(=O)OCc2ccccc2)c1. The fraction of sp³-hybridized carbons (Fsp3) is 0.211. The monoisotopic (exact) mass is 310 g/mol. The normalized spacial score (nSPS) is 10.7. The Kier molecular flexibility index (Phi) is 6.24. The predicted octanol–water partition coefficient (Wildman–Crippen LogP) is 3.91. The van der Waals surface area contributed by atoms with E-state index in [1.165, 1.54) is 5.56 Å². The third-order valence-corrected chi connectivity index (χ3v) is 3.33. The van der Waals surface area contributed by atoms with Gasteiger partial charge in [-0.05, 0) is 36.6 Å². The van der Waals surface area contributed by atoms with Crippen LogP contribution in [0.2, 0.25) is 0 Å². The van der Waals surface area contributed by atoms with Gasteiger partial charge in [-0.15, -0.1) is 0 Å². The van der Waals surface area contributed by atoms with E-state index in [4.69, 9.17) is 10.5 Å². The van der Waals surface area contributed by atoms with Gasteiger partial charge in [0.1, 0.15) is 6.61 Å². The van der Waals surface area contributed by atoms with Gasteiger partial charge in [-0.25, -0.2) is 4.79 Å². The smallest absolute Gasteiger partial charge is 0.407 e. The van der Waals surface area contributed by atoms with Crippen LogP contribution in [0.3, 0.4) is 0 Å². The molecule has 23 heavy (non-hydrogen) atoms. The number of anilines is 1. The highest BCUT2D eigenvalue weighted by Crippen LogP contribution is 2.15. The van der Waals surface area contributed by atoms with Crippen molar-refractivity contribution in [3.05, 3.63) is 71.3 Å². The van der Waals surface area contributed by atoms with Gasteiger partial charge in [-0.1, -0.05) is 54.1 Å². The maximum Gasteiger partial charge on any atom is 0.407 e. The summed E-state index contributed by atoms with van der Waals surface area (Å²) in [5.74, 6) is 0. The Morgan fingerprint density at radius 1 is 1.22 bits per heavy atom. The fourth-order valence-corrected chi connectivity index (χ4v) is 2.08. The number of aryl methyl sites for hydroxylation is 1. The number of hydrogen-bond acceptors (Lipinski definition) is 3. The van der Waals surface area contributed by atoms with Crippen molar-refractivity contribution in [2.45, 2.75) is 20.0 Å². The lowest BCUT2D eigenvalue weighted by molar-refractivity contribution is 0.140. The summed E-state index contributed by atoms with van der Waals surface area (Å²) in [4.78, 5) is 11.6. The van der Waals surface area contributed by atoms with E-state index < -0.39 is 6.09 Å². The van der Waals surface area contributed by atoms with Crippen molar-refractivity contribution in [3.8, 4) is 0 Å². The van der Waals surface area contributed by atoms with Gasteiger partial charge >= 0.3 is 6.09 Å². The molecule has 0 heterocycles. The predicted molar refractivity (Wildman–Crippen MR) is 93.9 cm³/mol. The Labute approximate surface area is 137 Å². The highest BCUT2D eigenvalue weighted by Gasteiger charge is 2.01. The lowest BCUT2D eigenvalue weighted by Crippen LogP contribution is -2.24. The summed E-state index contributed by atoms with van der Waals surface area (Å²) in [6.07, 6.45) is 4.27. The maximum atomic E-state index is 11.6. The van der Waals surface area contributed by atoms with Crippen molar-refractivity contribution in [2.75, 3.05) is 12.3 Å². The minimum Gasteiger partial charge on any atom is -0.445 e. The van der Waals surface area contributed by atoms with E-state index in [1.807, 2.05) is 67.6 Å². The molecule has 4 heteroatoms. The van der Waals surface area contributed by atoms with Crippen molar-refractivity contribution < 1.29 is 9.53 Å². The molecule has 0 spiro atoms. The molecule has 2 aromatic carbocycles. The van der Waals surface area contributed by atoms with Crippen molar-refractivity contribution in [3.63, 3.8) is 0 Å². The first-order chi connectivity index (χ1) is 11.1. The van der Waals surface area contributed by atoms with E-state index >= 15 is 0 Å². The van der Waals surface area contributed by atoms with Crippen LogP contribution < -0.4 is 11.1 Å². The highest BCUT2D eigenvalue weighted by molar-refractivity contribution is 5.67. The third-order valence-electron chi connectivity index (χ3n) is 3.33. The van der Waals surface area contributed by atoms with Crippen molar-refractivity contribution in [2.24, 2.45) is 0 Å². The molecule has 0 aliphatic carbocycles. The molecule has 3 N–H and O–H groups in total. The van der Waals surface area contributed by atoms with Crippen LogP contribution in [0, 0.1) is 6.92 Å². The second-order valence-electron chi connectivity index (χ2n) is 5.31. The zero-order valence-electron chi connectivity index (χ0n) is 13.3. The van der Waals surface area contributed by atoms with Crippen LogP contribution in [0.5, 0.6) is 0 Å². The standard InChI is InChI=1S/C19H22N2O2/c1-15-10-11-18(20)17(13-15)9-5-6-12-21-19(22)23-14-16-7-3-2-4-8-16/h2-5,7-11,13H,6,12,14,20H2,1H3,(H,21,22). The molecule has 4 nitrogen and oxygen atoms in total. The first-order valence-electron chi connectivity index (χ1n) is 7.62. The van der Waals surface area contributed by atoms with Crippen LogP contribution in [0.15, 0.2) is 54.6 Å². The minimum absolute atomic E-state index is 0.280. The van der Waals surface area contributed by atoms with Gasteiger partial charge in [0.05, 0.1) is 0 Å². The van der Waals surface area contributed by atoms with Crippen LogP contribution in [0.4, 0.5) is 10.5 Å². The summed E-state index contributed by atoms with van der Waals surface area (Å²) in [6.45, 7) is 2.83. The molecular weight excluding hydrogens is 288 g/mol. The van der Waals surface area contributed by atoms with E-state index in [-0.39, 0.29) is 6.61 Å². The fourth-order valence-electron chi connectivity index (χ4n) is 2.08. The summed E-state index contributed by atoms with van der Waals surface area (Å²) in [6, 6.07) is 15.5. The van der Waals surface area contributed by atoms with Gasteiger partial charge in [0.25, 0.3) is 0 Å². The second kappa shape index (κ2) is 8.63. The molecule has 2 aromatic rings. The molecule has 0 unspecified atom stereocenters. The number of nitrogens with one attached hydrogen (secondary N) is 1. The molecule has 0 saturated heterocycles. The number of benzene rings is 2. The summed E-state index contributed by atoms with van der Waals surface area (Å²) >= 11 is 0. The minimum atomic E-state index is -0.405. The molecule has 2 rings (SSSR count). The molecule has 0 fully saturated rings. The number of carbonyl (C=O) groups is 1. The lowest BCUT2D eigenvalue weighted by Gasteiger charge is -2.06. The topological polar surface area (TPSA) is 64.3 Å². The average Bonchev–Trinajstić information content (AvgIpc) is 2.56. The second-order valence-corrected chi connectivity index (χ2v) is 5.31. The summed E-state index contributed by atoms with van der Waals surface area (Å²) in [5.41, 5.74) is 9.79. The number of hydrogen-bond donors (Lipinski definition) is 2. The van der Waals surface area contributed by atoms with E-state index in [1.54, 1.807) is 0 Å². The van der Waals surface area contributed by atoms with Gasteiger partial charge < -0.3 is 15.8 Å². The summed E-state index contributed by atoms with van der Waals surface area (Å²) < 4.78 is 5.13. The Morgan fingerprint density at radius 2 is 2.00 bits per heavy atom. The van der Waals surface area contributed by atoms with Gasteiger partial charge in [0, 0.05) is 12.2 Å². The first kappa shape index (κ1) is 16.6. The molecule has 0 saturated carbocycles. The Balaban J connectivity index is 1.67.